The van der Waals surface area contributed by atoms with Crippen molar-refractivity contribution in [1.82, 2.24) is 0 Å². The Bertz CT molecular complexity index is 455. The molecule has 144 valence electrons. The summed E-state index contributed by atoms with van der Waals surface area (Å²) in [6, 6.07) is 0. The average Bonchev–Trinajstić information content (AvgIpc) is 3.07. The number of hydrogen-bond acceptors (Lipinski definition) is 3. The van der Waals surface area contributed by atoms with Crippen molar-refractivity contribution >= 4 is 0 Å². The number of allylic oxidation sites excluding steroid dienone is 2. The van der Waals surface area contributed by atoms with Crippen LogP contribution in [0.2, 0.25) is 0 Å². The van der Waals surface area contributed by atoms with Gasteiger partial charge >= 0.3 is 0 Å². The van der Waals surface area contributed by atoms with E-state index in [4.69, 9.17) is 5.73 Å². The highest BCUT2D eigenvalue weighted by atomic mass is 16.3. The van der Waals surface area contributed by atoms with Crippen LogP contribution in [0.1, 0.15) is 78.1 Å². The van der Waals surface area contributed by atoms with Crippen molar-refractivity contribution < 1.29 is 10.2 Å². The first-order chi connectivity index (χ1) is 12.0. The molecule has 3 nitrogen and oxygen atoms in total. The highest BCUT2D eigenvalue weighted by Crippen LogP contribution is 2.48. The quantitative estimate of drug-likeness (QED) is 0.384. The summed E-state index contributed by atoms with van der Waals surface area (Å²) in [4.78, 5) is 0. The second-order valence-corrected chi connectivity index (χ2v) is 8.57. The van der Waals surface area contributed by atoms with Gasteiger partial charge in [0.25, 0.3) is 0 Å². The molecule has 5 atom stereocenters. The molecule has 0 aromatic rings. The monoisotopic (exact) mass is 349 g/mol. The SMILES string of the molecule is CCCC[C@](C)(O)C/C=C/[C@@H]1[C@H]2CC(CCCCCN)=C[C@H]2C[C@H]1O. The number of aliphatic hydroxyl groups excluding tert-OH is 1. The van der Waals surface area contributed by atoms with Crippen molar-refractivity contribution in [1.29, 1.82) is 0 Å². The second-order valence-electron chi connectivity index (χ2n) is 8.57. The minimum absolute atomic E-state index is 0.220. The summed E-state index contributed by atoms with van der Waals surface area (Å²) < 4.78 is 0. The Labute approximate surface area is 154 Å². The summed E-state index contributed by atoms with van der Waals surface area (Å²) in [6.07, 6.45) is 17.1. The zero-order valence-electron chi connectivity index (χ0n) is 16.3. The van der Waals surface area contributed by atoms with Gasteiger partial charge in [0.1, 0.15) is 0 Å². The van der Waals surface area contributed by atoms with Crippen LogP contribution >= 0.6 is 0 Å². The Kier molecular flexibility index (Phi) is 8.18. The van der Waals surface area contributed by atoms with Crippen LogP contribution in [0.3, 0.4) is 0 Å². The molecule has 2 rings (SSSR count). The molecule has 2 aliphatic rings. The summed E-state index contributed by atoms with van der Waals surface area (Å²) >= 11 is 0. The molecule has 0 heterocycles. The topological polar surface area (TPSA) is 66.5 Å². The molecule has 2 aliphatic carbocycles. The van der Waals surface area contributed by atoms with E-state index in [0.717, 1.165) is 45.1 Å². The number of hydrogen-bond donors (Lipinski definition) is 3. The van der Waals surface area contributed by atoms with Crippen molar-refractivity contribution in [3.05, 3.63) is 23.8 Å². The van der Waals surface area contributed by atoms with Crippen molar-refractivity contribution in [2.75, 3.05) is 6.54 Å². The first kappa shape index (κ1) is 20.7. The molecule has 0 aromatic carbocycles. The number of aliphatic hydroxyl groups is 2. The second kappa shape index (κ2) is 9.89. The van der Waals surface area contributed by atoms with E-state index in [0.29, 0.717) is 18.3 Å². The van der Waals surface area contributed by atoms with Gasteiger partial charge in [-0.1, -0.05) is 50.0 Å². The van der Waals surface area contributed by atoms with E-state index in [1.54, 1.807) is 5.57 Å². The third-order valence-electron chi connectivity index (χ3n) is 6.14. The maximum atomic E-state index is 10.4. The molecular weight excluding hydrogens is 310 g/mol. The third-order valence-corrected chi connectivity index (χ3v) is 6.14. The lowest BCUT2D eigenvalue weighted by Gasteiger charge is -2.22. The fourth-order valence-corrected chi connectivity index (χ4v) is 4.60. The summed E-state index contributed by atoms with van der Waals surface area (Å²) in [5.41, 5.74) is 6.54. The zero-order valence-corrected chi connectivity index (χ0v) is 16.3. The van der Waals surface area contributed by atoms with Gasteiger partial charge in [0, 0.05) is 5.92 Å². The highest BCUT2D eigenvalue weighted by molar-refractivity contribution is 5.20. The molecule has 1 saturated carbocycles. The first-order valence-electron chi connectivity index (χ1n) is 10.4. The lowest BCUT2D eigenvalue weighted by atomic mass is 9.87. The van der Waals surface area contributed by atoms with E-state index >= 15 is 0 Å². The van der Waals surface area contributed by atoms with Gasteiger partial charge in [-0.05, 0) is 70.3 Å². The molecular formula is C22H39NO2. The molecule has 3 heteroatoms. The molecule has 0 radical (unpaired) electrons. The normalized spacial score (nSPS) is 31.3. The summed E-state index contributed by atoms with van der Waals surface area (Å²) in [7, 11) is 0. The fourth-order valence-electron chi connectivity index (χ4n) is 4.60. The van der Waals surface area contributed by atoms with E-state index in [2.05, 4.69) is 25.2 Å². The van der Waals surface area contributed by atoms with E-state index in [-0.39, 0.29) is 12.0 Å². The standard InChI is InChI=1S/C22H39NO2/c1-3-4-11-22(2,25)12-8-10-19-20-15-17(9-6-5-7-13-23)14-18(20)16-21(19)24/h8,10,14,18-21,24-25H,3-7,9,11-13,15-16,23H2,1-2H3/b10-8+/t18-,19+,20-,21+,22-/m0/s1. The van der Waals surface area contributed by atoms with Crippen molar-refractivity contribution in [3.8, 4) is 0 Å². The van der Waals surface area contributed by atoms with Gasteiger partial charge in [0.2, 0.25) is 0 Å². The molecule has 4 N–H and O–H groups in total. The molecule has 0 amide bonds. The van der Waals surface area contributed by atoms with Crippen molar-refractivity contribution in [3.63, 3.8) is 0 Å². The number of rotatable bonds is 11. The Balaban J connectivity index is 1.82. The van der Waals surface area contributed by atoms with Gasteiger partial charge in [0.05, 0.1) is 11.7 Å². The van der Waals surface area contributed by atoms with Gasteiger partial charge in [0.15, 0.2) is 0 Å². The molecule has 0 unspecified atom stereocenters. The zero-order chi connectivity index (χ0) is 18.3. The van der Waals surface area contributed by atoms with Gasteiger partial charge < -0.3 is 15.9 Å². The van der Waals surface area contributed by atoms with E-state index in [1.807, 2.05) is 6.92 Å². The Morgan fingerprint density at radius 2 is 2.08 bits per heavy atom. The fraction of sp³-hybridized carbons (Fsp3) is 0.818. The summed E-state index contributed by atoms with van der Waals surface area (Å²) in [5.74, 6) is 1.37. The van der Waals surface area contributed by atoms with Crippen molar-refractivity contribution in [2.24, 2.45) is 23.5 Å². The minimum Gasteiger partial charge on any atom is -0.392 e. The highest BCUT2D eigenvalue weighted by Gasteiger charge is 2.43. The van der Waals surface area contributed by atoms with Crippen molar-refractivity contribution in [2.45, 2.75) is 89.8 Å². The Hall–Kier alpha value is -0.640. The van der Waals surface area contributed by atoms with Crippen LogP contribution < -0.4 is 5.73 Å². The first-order valence-corrected chi connectivity index (χ1v) is 10.4. The largest absolute Gasteiger partial charge is 0.392 e. The third kappa shape index (κ3) is 6.23. The number of unbranched alkanes of at least 4 members (excludes halogenated alkanes) is 3. The van der Waals surface area contributed by atoms with E-state index in [9.17, 15) is 10.2 Å². The predicted octanol–water partition coefficient (Wildman–Crippen LogP) is 4.34. The van der Waals surface area contributed by atoms with Crippen LogP contribution in [0.15, 0.2) is 23.8 Å². The van der Waals surface area contributed by atoms with Crippen LogP contribution in [-0.2, 0) is 0 Å². The Morgan fingerprint density at radius 3 is 2.80 bits per heavy atom. The van der Waals surface area contributed by atoms with Crippen LogP contribution in [0.5, 0.6) is 0 Å². The maximum Gasteiger partial charge on any atom is 0.0654 e. The molecule has 25 heavy (non-hydrogen) atoms. The van der Waals surface area contributed by atoms with Gasteiger partial charge in [-0.3, -0.25) is 0 Å². The van der Waals surface area contributed by atoms with Gasteiger partial charge in [-0.25, -0.2) is 0 Å². The molecule has 0 saturated heterocycles. The van der Waals surface area contributed by atoms with Gasteiger partial charge in [-0.2, -0.15) is 0 Å². The summed E-state index contributed by atoms with van der Waals surface area (Å²) in [6.45, 7) is 4.88. The van der Waals surface area contributed by atoms with E-state index in [1.165, 1.54) is 19.3 Å². The minimum atomic E-state index is -0.614. The maximum absolute atomic E-state index is 10.4. The van der Waals surface area contributed by atoms with Crippen LogP contribution in [0.4, 0.5) is 0 Å². The molecule has 0 aromatic heterocycles. The molecule has 1 fully saturated rings. The smallest absolute Gasteiger partial charge is 0.0654 e. The van der Waals surface area contributed by atoms with Crippen LogP contribution in [0, 0.1) is 17.8 Å². The van der Waals surface area contributed by atoms with Crippen LogP contribution in [0.25, 0.3) is 0 Å². The molecule has 0 aliphatic heterocycles. The van der Waals surface area contributed by atoms with Gasteiger partial charge in [-0.15, -0.1) is 0 Å². The number of fused-ring (bicyclic) bond motifs is 1. The summed E-state index contributed by atoms with van der Waals surface area (Å²) in [5, 5.41) is 20.9. The predicted molar refractivity (Wildman–Crippen MR) is 105 cm³/mol. The van der Waals surface area contributed by atoms with Crippen LogP contribution in [-0.4, -0.2) is 28.5 Å². The average molecular weight is 350 g/mol. The van der Waals surface area contributed by atoms with E-state index < -0.39 is 5.60 Å². The molecule has 0 bridgehead atoms. The lowest BCUT2D eigenvalue weighted by molar-refractivity contribution is 0.0513. The molecule has 0 spiro atoms. The number of nitrogens with two attached hydrogens (primary N) is 1. The Morgan fingerprint density at radius 1 is 1.28 bits per heavy atom. The lowest BCUT2D eigenvalue weighted by Crippen LogP contribution is -2.23.